The zero-order valence-electron chi connectivity index (χ0n) is 20.2. The van der Waals surface area contributed by atoms with E-state index in [9.17, 15) is 9.59 Å². The van der Waals surface area contributed by atoms with E-state index in [0.29, 0.717) is 13.2 Å². The van der Waals surface area contributed by atoms with Gasteiger partial charge in [0.05, 0.1) is 25.7 Å². The first kappa shape index (κ1) is 28.2. The van der Waals surface area contributed by atoms with E-state index in [-0.39, 0.29) is 24.8 Å². The van der Waals surface area contributed by atoms with Crippen molar-refractivity contribution in [1.29, 1.82) is 0 Å². The van der Waals surface area contributed by atoms with E-state index >= 15 is 0 Å². The summed E-state index contributed by atoms with van der Waals surface area (Å²) in [5.41, 5.74) is 1.11. The maximum absolute atomic E-state index is 12.1. The number of ether oxygens (including phenoxy) is 1. The summed E-state index contributed by atoms with van der Waals surface area (Å²) in [6.07, 6.45) is 16.4. The van der Waals surface area contributed by atoms with Gasteiger partial charge in [-0.05, 0) is 12.0 Å². The molecule has 0 aliphatic heterocycles. The summed E-state index contributed by atoms with van der Waals surface area (Å²) in [5.74, 6) is -1.15. The molecule has 1 atom stereocenters. The van der Waals surface area contributed by atoms with Gasteiger partial charge in [0.15, 0.2) is 0 Å². The Morgan fingerprint density at radius 3 is 1.97 bits per heavy atom. The summed E-state index contributed by atoms with van der Waals surface area (Å²) in [4.78, 5) is 22.8. The number of nitrogens with one attached hydrogen (secondary N) is 1. The highest BCUT2D eigenvalue weighted by Crippen LogP contribution is 2.13. The molecule has 0 aliphatic rings. The van der Waals surface area contributed by atoms with Crippen LogP contribution in [0.3, 0.4) is 0 Å². The number of hydrogen-bond acceptors (Lipinski definition) is 3. The van der Waals surface area contributed by atoms with Gasteiger partial charge >= 0.3 is 5.97 Å². The van der Waals surface area contributed by atoms with Crippen LogP contribution in [0.4, 0.5) is 0 Å². The number of rotatable bonds is 21. The van der Waals surface area contributed by atoms with Crippen LogP contribution < -0.4 is 5.32 Å². The summed E-state index contributed by atoms with van der Waals surface area (Å²) < 4.78 is 5.83. The topological polar surface area (TPSA) is 75.6 Å². The molecule has 182 valence electrons. The van der Waals surface area contributed by atoms with Crippen molar-refractivity contribution in [3.63, 3.8) is 0 Å². The second kappa shape index (κ2) is 19.8. The molecule has 1 unspecified atom stereocenters. The lowest BCUT2D eigenvalue weighted by molar-refractivity contribution is -0.139. The average molecular weight is 448 g/mol. The van der Waals surface area contributed by atoms with Crippen molar-refractivity contribution in [2.45, 2.75) is 116 Å². The SMILES string of the molecule is CCCCCCCCCCCCCCC(COCc1ccccc1)NC(=O)CCC(=O)O. The van der Waals surface area contributed by atoms with Crippen LogP contribution in [0.25, 0.3) is 0 Å². The van der Waals surface area contributed by atoms with Crippen LogP contribution in [0.1, 0.15) is 109 Å². The molecule has 1 aromatic rings. The predicted octanol–water partition coefficient (Wildman–Crippen LogP) is 6.64. The number of amides is 1. The normalized spacial score (nSPS) is 11.9. The Morgan fingerprint density at radius 1 is 0.844 bits per heavy atom. The largest absolute Gasteiger partial charge is 0.481 e. The number of carbonyl (C=O) groups excluding carboxylic acids is 1. The summed E-state index contributed by atoms with van der Waals surface area (Å²) >= 11 is 0. The Bertz CT molecular complexity index is 591. The predicted molar refractivity (Wildman–Crippen MR) is 131 cm³/mol. The van der Waals surface area contributed by atoms with Gasteiger partial charge < -0.3 is 15.2 Å². The van der Waals surface area contributed by atoms with Crippen molar-refractivity contribution in [1.82, 2.24) is 5.32 Å². The van der Waals surface area contributed by atoms with E-state index in [1.807, 2.05) is 30.3 Å². The van der Waals surface area contributed by atoms with E-state index in [1.165, 1.54) is 64.2 Å². The molecule has 0 saturated heterocycles. The Hall–Kier alpha value is -1.88. The second-order valence-corrected chi connectivity index (χ2v) is 8.84. The van der Waals surface area contributed by atoms with Gasteiger partial charge in [-0.25, -0.2) is 0 Å². The highest BCUT2D eigenvalue weighted by atomic mass is 16.5. The fourth-order valence-electron chi connectivity index (χ4n) is 3.84. The summed E-state index contributed by atoms with van der Waals surface area (Å²) in [6.45, 7) is 3.22. The van der Waals surface area contributed by atoms with Crippen molar-refractivity contribution >= 4 is 11.9 Å². The first-order valence-electron chi connectivity index (χ1n) is 12.7. The molecule has 0 bridgehead atoms. The minimum Gasteiger partial charge on any atom is -0.481 e. The molecule has 32 heavy (non-hydrogen) atoms. The van der Waals surface area contributed by atoms with E-state index < -0.39 is 5.97 Å². The molecule has 5 heteroatoms. The van der Waals surface area contributed by atoms with Crippen LogP contribution in [0.15, 0.2) is 30.3 Å². The minimum atomic E-state index is -0.946. The van der Waals surface area contributed by atoms with Crippen molar-refractivity contribution in [2.24, 2.45) is 0 Å². The molecule has 0 heterocycles. The lowest BCUT2D eigenvalue weighted by Gasteiger charge is -2.19. The molecule has 0 radical (unpaired) electrons. The molecule has 0 aliphatic carbocycles. The molecular weight excluding hydrogens is 402 g/mol. The molecule has 0 spiro atoms. The third-order valence-electron chi connectivity index (χ3n) is 5.77. The van der Waals surface area contributed by atoms with Gasteiger partial charge in [0.2, 0.25) is 5.91 Å². The summed E-state index contributed by atoms with van der Waals surface area (Å²) in [5, 5.41) is 11.8. The molecule has 1 aromatic carbocycles. The fraction of sp³-hybridized carbons (Fsp3) is 0.704. The average Bonchev–Trinajstić information content (AvgIpc) is 2.79. The zero-order chi connectivity index (χ0) is 23.3. The van der Waals surface area contributed by atoms with E-state index in [4.69, 9.17) is 9.84 Å². The van der Waals surface area contributed by atoms with Crippen LogP contribution in [0.5, 0.6) is 0 Å². The van der Waals surface area contributed by atoms with Crippen LogP contribution >= 0.6 is 0 Å². The van der Waals surface area contributed by atoms with Gasteiger partial charge in [0.1, 0.15) is 0 Å². The molecule has 0 fully saturated rings. The number of hydrogen-bond donors (Lipinski definition) is 2. The number of carboxylic acid groups (broad SMARTS) is 1. The Balaban J connectivity index is 2.19. The standard InChI is InChI=1S/C27H45NO4/c1-2-3-4-5-6-7-8-9-10-11-12-16-19-25(28-26(29)20-21-27(30)31)23-32-22-24-17-14-13-15-18-24/h13-15,17-18,25H,2-12,16,19-23H2,1H3,(H,28,29)(H,30,31). The maximum Gasteiger partial charge on any atom is 0.303 e. The molecule has 0 aromatic heterocycles. The summed E-state index contributed by atoms with van der Waals surface area (Å²) in [7, 11) is 0. The summed E-state index contributed by atoms with van der Waals surface area (Å²) in [6, 6.07) is 9.91. The second-order valence-electron chi connectivity index (χ2n) is 8.84. The zero-order valence-corrected chi connectivity index (χ0v) is 20.2. The van der Waals surface area contributed by atoms with Crippen molar-refractivity contribution in [2.75, 3.05) is 6.61 Å². The highest BCUT2D eigenvalue weighted by molar-refractivity contribution is 5.80. The van der Waals surface area contributed by atoms with Gasteiger partial charge in [-0.1, -0.05) is 114 Å². The van der Waals surface area contributed by atoms with Gasteiger partial charge in [0.25, 0.3) is 0 Å². The van der Waals surface area contributed by atoms with Crippen LogP contribution in [0.2, 0.25) is 0 Å². The van der Waals surface area contributed by atoms with E-state index in [0.717, 1.165) is 24.8 Å². The third-order valence-corrected chi connectivity index (χ3v) is 5.77. The van der Waals surface area contributed by atoms with Crippen LogP contribution in [-0.2, 0) is 20.9 Å². The number of carboxylic acids is 1. The molecule has 2 N–H and O–H groups in total. The number of unbranched alkanes of at least 4 members (excludes halogenated alkanes) is 11. The fourth-order valence-corrected chi connectivity index (χ4v) is 3.84. The van der Waals surface area contributed by atoms with Gasteiger partial charge in [-0.15, -0.1) is 0 Å². The lowest BCUT2D eigenvalue weighted by Crippen LogP contribution is -2.38. The number of aliphatic carboxylic acids is 1. The first-order valence-corrected chi connectivity index (χ1v) is 12.7. The molecule has 5 nitrogen and oxygen atoms in total. The lowest BCUT2D eigenvalue weighted by atomic mass is 10.0. The Kier molecular flexibility index (Phi) is 17.4. The van der Waals surface area contributed by atoms with Crippen LogP contribution in [0, 0.1) is 0 Å². The third kappa shape index (κ3) is 16.8. The Morgan fingerprint density at radius 2 is 1.41 bits per heavy atom. The quantitative estimate of drug-likeness (QED) is 0.207. The maximum atomic E-state index is 12.1. The number of carbonyl (C=O) groups is 2. The minimum absolute atomic E-state index is 0.0168. The first-order chi connectivity index (χ1) is 15.6. The van der Waals surface area contributed by atoms with E-state index in [2.05, 4.69) is 12.2 Å². The van der Waals surface area contributed by atoms with Crippen molar-refractivity contribution in [3.05, 3.63) is 35.9 Å². The van der Waals surface area contributed by atoms with Crippen molar-refractivity contribution in [3.8, 4) is 0 Å². The van der Waals surface area contributed by atoms with Gasteiger partial charge in [0, 0.05) is 6.42 Å². The Labute approximate surface area is 195 Å². The molecule has 0 saturated carbocycles. The highest BCUT2D eigenvalue weighted by Gasteiger charge is 2.14. The van der Waals surface area contributed by atoms with Gasteiger partial charge in [-0.3, -0.25) is 9.59 Å². The monoisotopic (exact) mass is 447 g/mol. The number of benzene rings is 1. The molecular formula is C27H45NO4. The van der Waals surface area contributed by atoms with Crippen molar-refractivity contribution < 1.29 is 19.4 Å². The smallest absolute Gasteiger partial charge is 0.303 e. The molecule has 1 amide bonds. The molecule has 1 rings (SSSR count). The van der Waals surface area contributed by atoms with Crippen LogP contribution in [-0.4, -0.2) is 29.6 Å². The van der Waals surface area contributed by atoms with E-state index in [1.54, 1.807) is 0 Å². The van der Waals surface area contributed by atoms with Gasteiger partial charge in [-0.2, -0.15) is 0 Å².